The molecular formula is C12H14N2O5. The highest BCUT2D eigenvalue weighted by Gasteiger charge is 2.28. The molecule has 7 heteroatoms. The number of nitrogens with zero attached hydrogens (tertiary/aromatic N) is 2. The van der Waals surface area contributed by atoms with Gasteiger partial charge in [0.2, 0.25) is 5.75 Å². The number of para-hydroxylation sites is 1. The van der Waals surface area contributed by atoms with Crippen molar-refractivity contribution in [1.82, 2.24) is 5.06 Å². The first-order valence-corrected chi connectivity index (χ1v) is 6.00. The van der Waals surface area contributed by atoms with Crippen LogP contribution in [0.1, 0.15) is 23.7 Å². The summed E-state index contributed by atoms with van der Waals surface area (Å²) in [5.41, 5.74) is -0.0650. The van der Waals surface area contributed by atoms with Crippen LogP contribution in [0, 0.1) is 10.1 Å². The Morgan fingerprint density at radius 3 is 2.95 bits per heavy atom. The lowest BCUT2D eigenvalue weighted by Crippen LogP contribution is -2.27. The number of hydrogen-bond acceptors (Lipinski definition) is 5. The molecule has 0 aliphatic carbocycles. The molecule has 1 fully saturated rings. The van der Waals surface area contributed by atoms with Crippen LogP contribution in [0.2, 0.25) is 0 Å². The molecule has 0 radical (unpaired) electrons. The van der Waals surface area contributed by atoms with Crippen molar-refractivity contribution in [2.24, 2.45) is 0 Å². The number of carbonyl (C=O) groups excluding carboxylic acids is 1. The highest BCUT2D eigenvalue weighted by molar-refractivity contribution is 5.97. The molecule has 1 aliphatic heterocycles. The number of hydrogen-bond donors (Lipinski definition) is 0. The molecule has 19 heavy (non-hydrogen) atoms. The van der Waals surface area contributed by atoms with Crippen LogP contribution in [0.25, 0.3) is 0 Å². The summed E-state index contributed by atoms with van der Waals surface area (Å²) in [5, 5.41) is 12.2. The van der Waals surface area contributed by atoms with Crippen LogP contribution in [0.3, 0.4) is 0 Å². The highest BCUT2D eigenvalue weighted by atomic mass is 16.7. The quantitative estimate of drug-likeness (QED) is 0.612. The standard InChI is InChI=1S/C12H14N2O5/c1-2-18-11-9(5-3-6-10(11)14(16)17)12(15)13-7-4-8-19-13/h3,5-6H,2,4,7-8H2,1H3. The minimum absolute atomic E-state index is 0.00417. The molecule has 1 aromatic carbocycles. The third-order valence-corrected chi connectivity index (χ3v) is 2.69. The molecule has 0 spiro atoms. The van der Waals surface area contributed by atoms with Gasteiger partial charge in [0, 0.05) is 6.07 Å². The van der Waals surface area contributed by atoms with Crippen LogP contribution < -0.4 is 4.74 Å². The first-order chi connectivity index (χ1) is 9.15. The maximum atomic E-state index is 12.2. The summed E-state index contributed by atoms with van der Waals surface area (Å²) in [5.74, 6) is -0.417. The molecule has 0 aromatic heterocycles. The van der Waals surface area contributed by atoms with Crippen molar-refractivity contribution >= 4 is 11.6 Å². The number of rotatable bonds is 4. The summed E-state index contributed by atoms with van der Waals surface area (Å²) >= 11 is 0. The molecule has 0 atom stereocenters. The molecule has 0 bridgehead atoms. The largest absolute Gasteiger partial charge is 0.487 e. The van der Waals surface area contributed by atoms with E-state index in [1.807, 2.05) is 0 Å². The molecule has 1 aliphatic rings. The van der Waals surface area contributed by atoms with Crippen LogP contribution in [0.5, 0.6) is 5.75 Å². The van der Waals surface area contributed by atoms with Crippen molar-refractivity contribution in [3.8, 4) is 5.75 Å². The second-order valence-corrected chi connectivity index (χ2v) is 3.94. The average Bonchev–Trinajstić information content (AvgIpc) is 2.92. The average molecular weight is 266 g/mol. The number of ether oxygens (including phenoxy) is 1. The minimum atomic E-state index is -0.563. The molecule has 2 rings (SSSR count). The van der Waals surface area contributed by atoms with Crippen LogP contribution in [0.4, 0.5) is 5.69 Å². The number of amides is 1. The van der Waals surface area contributed by atoms with Crippen LogP contribution in [0.15, 0.2) is 18.2 Å². The lowest BCUT2D eigenvalue weighted by molar-refractivity contribution is -0.385. The van der Waals surface area contributed by atoms with Crippen molar-refractivity contribution < 1.29 is 19.3 Å². The molecule has 0 N–H and O–H groups in total. The van der Waals surface area contributed by atoms with Crippen LogP contribution in [-0.4, -0.2) is 35.7 Å². The lowest BCUT2D eigenvalue weighted by atomic mass is 10.1. The number of nitro benzene ring substituents is 1. The summed E-state index contributed by atoms with van der Waals surface area (Å²) in [6, 6.07) is 4.28. The predicted octanol–water partition coefficient (Wildman–Crippen LogP) is 1.77. The van der Waals surface area contributed by atoms with Gasteiger partial charge in [-0.15, -0.1) is 0 Å². The van der Waals surface area contributed by atoms with Gasteiger partial charge in [-0.2, -0.15) is 0 Å². The van der Waals surface area contributed by atoms with Crippen molar-refractivity contribution in [3.05, 3.63) is 33.9 Å². The van der Waals surface area contributed by atoms with Gasteiger partial charge in [0.25, 0.3) is 5.91 Å². The fourth-order valence-corrected chi connectivity index (χ4v) is 1.88. The van der Waals surface area contributed by atoms with Gasteiger partial charge in [-0.1, -0.05) is 6.07 Å². The van der Waals surface area contributed by atoms with Gasteiger partial charge in [0.1, 0.15) is 0 Å². The van der Waals surface area contributed by atoms with E-state index in [2.05, 4.69) is 0 Å². The Kier molecular flexibility index (Phi) is 3.96. The summed E-state index contributed by atoms with van der Waals surface area (Å²) < 4.78 is 5.27. The van der Waals surface area contributed by atoms with E-state index in [4.69, 9.17) is 9.57 Å². The van der Waals surface area contributed by atoms with E-state index in [9.17, 15) is 14.9 Å². The molecule has 102 valence electrons. The maximum absolute atomic E-state index is 12.2. The Bertz CT molecular complexity index is 497. The first-order valence-electron chi connectivity index (χ1n) is 6.00. The van der Waals surface area contributed by atoms with Crippen LogP contribution >= 0.6 is 0 Å². The smallest absolute Gasteiger partial charge is 0.311 e. The molecule has 1 heterocycles. The molecule has 1 saturated heterocycles. The molecular weight excluding hydrogens is 252 g/mol. The van der Waals surface area contributed by atoms with Gasteiger partial charge in [-0.05, 0) is 19.4 Å². The van der Waals surface area contributed by atoms with Gasteiger partial charge < -0.3 is 4.74 Å². The number of hydroxylamine groups is 2. The minimum Gasteiger partial charge on any atom is -0.487 e. The Morgan fingerprint density at radius 2 is 2.37 bits per heavy atom. The second-order valence-electron chi connectivity index (χ2n) is 3.94. The van der Waals surface area contributed by atoms with Gasteiger partial charge in [0.05, 0.1) is 30.2 Å². The Hall–Kier alpha value is -2.15. The topological polar surface area (TPSA) is 81.9 Å². The normalized spacial score (nSPS) is 14.5. The molecule has 0 saturated carbocycles. The van der Waals surface area contributed by atoms with E-state index in [1.165, 1.54) is 23.3 Å². The summed E-state index contributed by atoms with van der Waals surface area (Å²) in [6.07, 6.45) is 0.755. The van der Waals surface area contributed by atoms with E-state index >= 15 is 0 Å². The van der Waals surface area contributed by atoms with E-state index in [0.717, 1.165) is 6.42 Å². The van der Waals surface area contributed by atoms with Crippen molar-refractivity contribution in [3.63, 3.8) is 0 Å². The zero-order valence-corrected chi connectivity index (χ0v) is 10.5. The van der Waals surface area contributed by atoms with Crippen molar-refractivity contribution in [2.75, 3.05) is 19.8 Å². The summed E-state index contributed by atoms with van der Waals surface area (Å²) in [6.45, 7) is 2.90. The van der Waals surface area contributed by atoms with Crippen LogP contribution in [-0.2, 0) is 4.84 Å². The van der Waals surface area contributed by atoms with Gasteiger partial charge in [0.15, 0.2) is 0 Å². The number of carbonyl (C=O) groups is 1. The highest BCUT2D eigenvalue weighted by Crippen LogP contribution is 2.32. The Balaban J connectivity index is 2.40. The van der Waals surface area contributed by atoms with E-state index < -0.39 is 10.8 Å². The summed E-state index contributed by atoms with van der Waals surface area (Å²) in [7, 11) is 0. The molecule has 1 amide bonds. The first kappa shape index (κ1) is 13.3. The van der Waals surface area contributed by atoms with E-state index in [0.29, 0.717) is 13.2 Å². The van der Waals surface area contributed by atoms with E-state index in [-0.39, 0.29) is 23.6 Å². The zero-order chi connectivity index (χ0) is 13.8. The molecule has 1 aromatic rings. The molecule has 7 nitrogen and oxygen atoms in total. The third-order valence-electron chi connectivity index (χ3n) is 2.69. The zero-order valence-electron chi connectivity index (χ0n) is 10.5. The molecule has 0 unspecified atom stereocenters. The monoisotopic (exact) mass is 266 g/mol. The second kappa shape index (κ2) is 5.66. The van der Waals surface area contributed by atoms with Crippen molar-refractivity contribution in [2.45, 2.75) is 13.3 Å². The van der Waals surface area contributed by atoms with Crippen molar-refractivity contribution in [1.29, 1.82) is 0 Å². The Labute approximate surface area is 109 Å². The van der Waals surface area contributed by atoms with Gasteiger partial charge >= 0.3 is 5.69 Å². The fourth-order valence-electron chi connectivity index (χ4n) is 1.88. The SMILES string of the molecule is CCOc1c(C(=O)N2CCCO2)cccc1[N+](=O)[O-]. The van der Waals surface area contributed by atoms with Gasteiger partial charge in [-0.25, -0.2) is 5.06 Å². The number of nitro groups is 1. The Morgan fingerprint density at radius 1 is 1.58 bits per heavy atom. The maximum Gasteiger partial charge on any atom is 0.311 e. The van der Waals surface area contributed by atoms with E-state index in [1.54, 1.807) is 6.92 Å². The number of benzene rings is 1. The third kappa shape index (κ3) is 2.65. The summed E-state index contributed by atoms with van der Waals surface area (Å²) in [4.78, 5) is 27.8. The fraction of sp³-hybridized carbons (Fsp3) is 0.417. The lowest BCUT2D eigenvalue weighted by Gasteiger charge is -2.16. The van der Waals surface area contributed by atoms with Gasteiger partial charge in [-0.3, -0.25) is 19.7 Å². The predicted molar refractivity (Wildman–Crippen MR) is 65.9 cm³/mol.